The Hall–Kier alpha value is -14.1. The van der Waals surface area contributed by atoms with Gasteiger partial charge in [-0.2, -0.15) is 0 Å². The Morgan fingerprint density at radius 3 is 1.73 bits per heavy atom. The Morgan fingerprint density at radius 1 is 0.537 bits per heavy atom. The number of aromatic nitrogens is 1. The maximum atomic E-state index is 15.7. The number of aliphatic hydroxyl groups excluding tert-OH is 1. The molecule has 40 nitrogen and oxygen atoms in total. The molecule has 3 fully saturated rings. The minimum atomic E-state index is -2.10. The van der Waals surface area contributed by atoms with Crippen LogP contribution < -0.4 is 59.3 Å². The van der Waals surface area contributed by atoms with Gasteiger partial charge in [0.1, 0.15) is 90.1 Å². The number of nitrogens with one attached hydrogen (secondary N) is 10. The number of hydrogen-bond donors (Lipinski definition) is 16. The topological polar surface area (TPSA) is 590 Å². The Morgan fingerprint density at radius 2 is 1.09 bits per heavy atom. The lowest BCUT2D eigenvalue weighted by Crippen LogP contribution is -2.64. The number of carboxylic acid groups (broad SMARTS) is 2. The maximum Gasteiger partial charge on any atom is 0.305 e. The molecule has 0 spiro atoms. The fourth-order valence-corrected chi connectivity index (χ4v) is 16.8. The van der Waals surface area contributed by atoms with Crippen molar-refractivity contribution in [3.05, 3.63) is 173 Å². The summed E-state index contributed by atoms with van der Waals surface area (Å²) in [5.74, 6) is -30.7. The number of likely N-dealkylation sites (N-methyl/N-ethyl adjacent to an activating group) is 3. The number of carboxylic acids is 2. The number of para-hydroxylation sites is 1. The van der Waals surface area contributed by atoms with Crippen LogP contribution in [0.25, 0.3) is 10.9 Å². The zero-order chi connectivity index (χ0) is 99.6. The number of carbonyl (C=O) groups excluding carboxylic acids is 16. The first kappa shape index (κ1) is 106. The first-order chi connectivity index (χ1) is 64.5. The van der Waals surface area contributed by atoms with Crippen molar-refractivity contribution in [3.63, 3.8) is 0 Å². The molecule has 136 heavy (non-hydrogen) atoms. The number of carbonyl (C=O) groups is 18. The summed E-state index contributed by atoms with van der Waals surface area (Å²) in [7, 11) is 3.37. The second kappa shape index (κ2) is 49.2. The van der Waals surface area contributed by atoms with Gasteiger partial charge in [-0.05, 0) is 89.0 Å². The maximum absolute atomic E-state index is 15.7. The standard InChI is InChI=1S/C91H111F4N17O23S/c1-7-8-18-67-90(133)112-43-55(114)38-69(112)85(128)105-64(40-76(120)121)83(126)107-78(47(2)3)91(134)109(5)68(35-48-14-10-9-11-15-48)84(127)101-60(27-28-75(118)119)88(131)111-29-30-135-44-71(111)86(129)104-62(37-52-41-98-59-17-13-12-16-56(52)59)81(124)102-61(33-49-21-25-54(113)26-22-49)80(123)103-63(39-72(96)115)82(125)106-66(79(122)99-42-73(97)116)45-136-46-74(117)100-65(34-51-31-57(93)77(95)58(94)32-51)87(130)110(6)70(89(132)108(67)4)36-50-19-23-53(92)24-20-50/h9-17,19-26,31-32,41,47,55,60-71,78,98,113-114H,7-8,18,27-30,33-40,42-46H2,1-6H3,(H2,96,115)(H2,97,116)(H,99,122)(H,100,117)(H,101,127)(H,102,124)(H,103,123)(H,104,129)(H,105,128)(H,106,125)(H,107,126)(H,118,119)(H,120,121)/t55-,60+,61+,62+,63+,64+,65+,66+,67+,68+,69-,70+,71-,78+/m1/s1. The van der Waals surface area contributed by atoms with Crippen molar-refractivity contribution in [2.45, 2.75) is 189 Å². The molecular weight excluding hydrogens is 1810 g/mol. The summed E-state index contributed by atoms with van der Waals surface area (Å²) < 4.78 is 65.5. The number of nitrogens with zero attached hydrogens (tertiary/aromatic N) is 5. The summed E-state index contributed by atoms with van der Waals surface area (Å²) in [5.41, 5.74) is 12.3. The van der Waals surface area contributed by atoms with Crippen LogP contribution in [0.2, 0.25) is 0 Å². The monoisotopic (exact) mass is 1920 g/mol. The number of hydrogen-bond acceptors (Lipinski definition) is 22. The van der Waals surface area contributed by atoms with E-state index in [1.54, 1.807) is 61.5 Å². The number of aromatic hydroxyl groups is 1. The number of benzene rings is 5. The highest BCUT2D eigenvalue weighted by atomic mass is 32.2. The number of H-pyrrole nitrogens is 1. The molecule has 3 aliphatic rings. The number of thioether (sulfide) groups is 1. The van der Waals surface area contributed by atoms with E-state index in [1.165, 1.54) is 56.4 Å². The van der Waals surface area contributed by atoms with E-state index in [4.69, 9.17) is 16.2 Å². The van der Waals surface area contributed by atoms with Crippen LogP contribution in [0, 0.1) is 29.2 Å². The molecule has 4 heterocycles. The van der Waals surface area contributed by atoms with E-state index in [0.717, 1.165) is 57.8 Å². The highest BCUT2D eigenvalue weighted by Gasteiger charge is 2.48. The first-order valence-electron chi connectivity index (χ1n) is 43.7. The Bertz CT molecular complexity index is 5370. The molecule has 0 unspecified atom stereocenters. The largest absolute Gasteiger partial charge is 0.508 e. The van der Waals surface area contributed by atoms with Gasteiger partial charge in [-0.25, -0.2) is 17.6 Å². The average Bonchev–Trinajstić information content (AvgIpc) is 1.58. The number of fused-ring (bicyclic) bond motifs is 3. The predicted molar refractivity (Wildman–Crippen MR) is 478 cm³/mol. The van der Waals surface area contributed by atoms with Crippen LogP contribution in [0.15, 0.2) is 121 Å². The van der Waals surface area contributed by atoms with E-state index >= 15 is 51.9 Å². The Labute approximate surface area is 781 Å². The van der Waals surface area contributed by atoms with Crippen LogP contribution in [0.5, 0.6) is 5.75 Å². The van der Waals surface area contributed by atoms with Crippen LogP contribution in [0.4, 0.5) is 17.6 Å². The van der Waals surface area contributed by atoms with E-state index in [1.807, 2.05) is 0 Å². The van der Waals surface area contributed by atoms with E-state index < -0.39 is 321 Å². The van der Waals surface area contributed by atoms with Crippen LogP contribution in [-0.4, -0.2) is 307 Å². The smallest absolute Gasteiger partial charge is 0.305 e. The highest BCUT2D eigenvalue weighted by Crippen LogP contribution is 2.28. The SMILES string of the molecule is CCCC[C@H]1C(=O)N2C[C@H](O)C[C@@H]2C(=O)N[C@@H](CC(=O)O)C(=O)N[C@@H](C(C)C)C(=O)N(C)[C@@H](Cc2ccccc2)C(=O)N[C@@H](CCC(=O)O)C(=O)N2CCOC[C@@H]2C(=O)N[C@@H](Cc2c[nH]c3ccccc23)C(=O)N[C@@H](Cc2ccc(O)cc2)C(=O)N[C@@H](CC(N)=O)C(=O)N[C@H](C(=O)NCC(N)=O)CSCC(=O)N[C@@H](Cc2cc(F)c(F)c(F)c2)C(=O)N(C)[C@@H](Cc2ccc(F)cc2)C(=O)N1C. The number of halogens is 4. The lowest BCUT2D eigenvalue weighted by Gasteiger charge is -2.38. The molecule has 1 aromatic heterocycles. The van der Waals surface area contributed by atoms with Gasteiger partial charge >= 0.3 is 11.9 Å². The number of ether oxygens (including phenoxy) is 1. The summed E-state index contributed by atoms with van der Waals surface area (Å²) >= 11 is 0.525. The van der Waals surface area contributed by atoms with Crippen molar-refractivity contribution in [2.75, 3.05) is 65.5 Å². The molecule has 6 aromatic rings. The Balaban J connectivity index is 1.15. The number of aliphatic hydroxyl groups is 1. The summed E-state index contributed by atoms with van der Waals surface area (Å²) in [6.07, 6.45) is -6.72. The number of aromatic amines is 1. The van der Waals surface area contributed by atoms with Gasteiger partial charge in [0.2, 0.25) is 94.5 Å². The second-order valence-corrected chi connectivity index (χ2v) is 34.7. The summed E-state index contributed by atoms with van der Waals surface area (Å²) in [5, 5.41) is 64.8. The predicted octanol–water partition coefficient (Wildman–Crippen LogP) is -1.10. The molecule has 14 atom stereocenters. The Kier molecular flexibility index (Phi) is 38.2. The molecule has 5 aromatic carbocycles. The summed E-state index contributed by atoms with van der Waals surface area (Å²) in [6, 6.07) is 1.43. The number of rotatable bonds is 24. The number of nitrogens with two attached hydrogens (primary N) is 2. The van der Waals surface area contributed by atoms with Crippen molar-refractivity contribution >= 4 is 129 Å². The molecule has 3 aliphatic heterocycles. The highest BCUT2D eigenvalue weighted by molar-refractivity contribution is 8.00. The fourth-order valence-electron chi connectivity index (χ4n) is 16.0. The van der Waals surface area contributed by atoms with Gasteiger partial charge in [0.15, 0.2) is 17.5 Å². The normalized spacial score (nSPS) is 23.9. The van der Waals surface area contributed by atoms with E-state index in [-0.39, 0.29) is 42.7 Å². The van der Waals surface area contributed by atoms with E-state index in [0.29, 0.717) is 52.3 Å². The molecule has 732 valence electrons. The molecule has 0 radical (unpaired) electrons. The summed E-state index contributed by atoms with van der Waals surface area (Å²) in [4.78, 5) is 270. The zero-order valence-electron chi connectivity index (χ0n) is 75.2. The molecule has 9 rings (SSSR count). The quantitative estimate of drug-likeness (QED) is 0.0253. The van der Waals surface area contributed by atoms with E-state index in [9.17, 15) is 72.4 Å². The number of morpholine rings is 1. The third-order valence-electron chi connectivity index (χ3n) is 23.3. The minimum Gasteiger partial charge on any atom is -0.508 e. The number of aliphatic carboxylic acids is 2. The lowest BCUT2D eigenvalue weighted by atomic mass is 9.98. The average molecular weight is 1920 g/mol. The second-order valence-electron chi connectivity index (χ2n) is 33.7. The van der Waals surface area contributed by atoms with Gasteiger partial charge in [0.05, 0.1) is 44.5 Å². The van der Waals surface area contributed by atoms with Crippen molar-refractivity contribution in [3.8, 4) is 5.75 Å². The number of phenolic OH excluding ortho intramolecular Hbond substituents is 1. The minimum absolute atomic E-state index is 0.156. The molecule has 0 bridgehead atoms. The van der Waals surface area contributed by atoms with Crippen molar-refractivity contribution in [1.29, 1.82) is 0 Å². The number of phenols is 1. The molecule has 3 saturated heterocycles. The van der Waals surface area contributed by atoms with Crippen molar-refractivity contribution in [1.82, 2.24) is 77.3 Å². The zero-order valence-corrected chi connectivity index (χ0v) is 76.0. The number of unbranched alkanes of at least 4 members (excludes halogenated alkanes) is 1. The molecule has 0 aliphatic carbocycles. The molecule has 0 saturated carbocycles. The molecule has 16 amide bonds. The number of amides is 16. The third kappa shape index (κ3) is 29.2. The van der Waals surface area contributed by atoms with Crippen LogP contribution in [-0.2, 0) is 123 Å². The molecular formula is C91H111F4N17O23S. The van der Waals surface area contributed by atoms with Crippen molar-refractivity contribution < 1.29 is 129 Å². The summed E-state index contributed by atoms with van der Waals surface area (Å²) in [6.45, 7) is 1.84. The van der Waals surface area contributed by atoms with Crippen LogP contribution >= 0.6 is 11.8 Å². The van der Waals surface area contributed by atoms with Gasteiger partial charge in [-0.3, -0.25) is 86.3 Å². The fraction of sp³-hybridized carbons (Fsp3) is 0.451. The first-order valence-corrected chi connectivity index (χ1v) is 44.9. The van der Waals surface area contributed by atoms with Gasteiger partial charge in [0, 0.05) is 102 Å². The van der Waals surface area contributed by atoms with Crippen molar-refractivity contribution in [2.24, 2.45) is 17.4 Å². The van der Waals surface area contributed by atoms with Crippen LogP contribution in [0.1, 0.15) is 100.0 Å². The lowest BCUT2D eigenvalue weighted by molar-refractivity contribution is -0.152. The van der Waals surface area contributed by atoms with Gasteiger partial charge in [-0.1, -0.05) is 106 Å². The number of primary amides is 2. The van der Waals surface area contributed by atoms with Gasteiger partial charge in [-0.15, -0.1) is 11.8 Å². The molecule has 18 N–H and O–H groups in total. The van der Waals surface area contributed by atoms with Gasteiger partial charge in [0.25, 0.3) is 0 Å². The third-order valence-corrected chi connectivity index (χ3v) is 24.4. The van der Waals surface area contributed by atoms with Crippen LogP contribution in [0.3, 0.4) is 0 Å². The van der Waals surface area contributed by atoms with E-state index in [2.05, 4.69) is 52.8 Å². The molecule has 45 heteroatoms. The van der Waals surface area contributed by atoms with Gasteiger partial charge < -0.3 is 114 Å².